The third-order valence-electron chi connectivity index (χ3n) is 6.75. The van der Waals surface area contributed by atoms with Crippen LogP contribution in [-0.4, -0.2) is 67.8 Å². The molecule has 2 aromatic rings. The number of nitrogens with zero attached hydrogens (tertiary/aromatic N) is 4. The third kappa shape index (κ3) is 4.15. The molecule has 176 valence electrons. The summed E-state index contributed by atoms with van der Waals surface area (Å²) < 4.78 is 8.13. The van der Waals surface area contributed by atoms with Crippen molar-refractivity contribution in [2.75, 3.05) is 19.8 Å². The number of hydrogen-bond acceptors (Lipinski definition) is 6. The zero-order valence-electron chi connectivity index (χ0n) is 18.9. The van der Waals surface area contributed by atoms with Crippen LogP contribution in [0.25, 0.3) is 11.7 Å². The van der Waals surface area contributed by atoms with Crippen LogP contribution < -0.4 is 10.9 Å². The number of rotatable bonds is 6. The number of amides is 2. The van der Waals surface area contributed by atoms with Crippen molar-refractivity contribution >= 4 is 23.5 Å². The van der Waals surface area contributed by atoms with E-state index in [2.05, 4.69) is 17.3 Å². The van der Waals surface area contributed by atoms with E-state index in [1.54, 1.807) is 15.5 Å². The van der Waals surface area contributed by atoms with Crippen molar-refractivity contribution < 1.29 is 19.4 Å². The third-order valence-corrected chi connectivity index (χ3v) is 6.75. The minimum absolute atomic E-state index is 0.0237. The van der Waals surface area contributed by atoms with Crippen LogP contribution in [0.4, 0.5) is 0 Å². The highest BCUT2D eigenvalue weighted by Crippen LogP contribution is 2.47. The summed E-state index contributed by atoms with van der Waals surface area (Å²) in [5.74, 6) is -1.10. The van der Waals surface area contributed by atoms with Crippen molar-refractivity contribution in [2.45, 2.75) is 58.2 Å². The van der Waals surface area contributed by atoms with Gasteiger partial charge in [-0.25, -0.2) is 0 Å². The molecule has 2 amide bonds. The summed E-state index contributed by atoms with van der Waals surface area (Å²) in [5, 5.41) is 18.1. The minimum atomic E-state index is -0.675. The van der Waals surface area contributed by atoms with Crippen LogP contribution in [0.15, 0.2) is 17.1 Å². The Labute approximate surface area is 190 Å². The van der Waals surface area contributed by atoms with E-state index < -0.39 is 11.5 Å². The Kier molecular flexibility index (Phi) is 5.27. The fraction of sp³-hybridized carbons (Fsp3) is 0.565. The molecule has 2 N–H and O–H groups in total. The highest BCUT2D eigenvalue weighted by molar-refractivity contribution is 5.97. The molecule has 3 fully saturated rings. The second-order valence-corrected chi connectivity index (χ2v) is 9.77. The second kappa shape index (κ2) is 8.02. The summed E-state index contributed by atoms with van der Waals surface area (Å²) >= 11 is 0. The normalized spacial score (nSPS) is 22.1. The van der Waals surface area contributed by atoms with Crippen LogP contribution in [0.2, 0.25) is 0 Å². The van der Waals surface area contributed by atoms with E-state index in [9.17, 15) is 19.5 Å². The van der Waals surface area contributed by atoms with Crippen molar-refractivity contribution in [1.82, 2.24) is 24.4 Å². The number of aromatic hydroxyl groups is 1. The molecule has 0 spiro atoms. The monoisotopic (exact) mass is 455 g/mol. The summed E-state index contributed by atoms with van der Waals surface area (Å²) in [6.07, 6.45) is 8.26. The number of nitrogens with one attached hydrogen (secondary N) is 1. The van der Waals surface area contributed by atoms with E-state index in [-0.39, 0.29) is 34.8 Å². The van der Waals surface area contributed by atoms with Gasteiger partial charge in [-0.1, -0.05) is 6.92 Å². The molecule has 0 radical (unpaired) electrons. The molecule has 1 saturated heterocycles. The topological polar surface area (TPSA) is 118 Å². The van der Waals surface area contributed by atoms with Crippen LogP contribution in [0.5, 0.6) is 5.88 Å². The summed E-state index contributed by atoms with van der Waals surface area (Å²) in [7, 11) is 0. The summed E-state index contributed by atoms with van der Waals surface area (Å²) in [6, 6.07) is 0.0236. The van der Waals surface area contributed by atoms with Gasteiger partial charge in [-0.05, 0) is 44.1 Å². The maximum absolute atomic E-state index is 13.1. The Balaban J connectivity index is 1.55. The van der Waals surface area contributed by atoms with Gasteiger partial charge in [0.25, 0.3) is 11.5 Å². The van der Waals surface area contributed by atoms with Gasteiger partial charge in [0.15, 0.2) is 5.56 Å². The first-order valence-corrected chi connectivity index (χ1v) is 11.5. The lowest BCUT2D eigenvalue weighted by Crippen LogP contribution is -2.46. The van der Waals surface area contributed by atoms with Crippen molar-refractivity contribution in [3.05, 3.63) is 33.8 Å². The molecule has 3 heterocycles. The van der Waals surface area contributed by atoms with E-state index in [0.29, 0.717) is 37.5 Å². The molecule has 5 rings (SSSR count). The van der Waals surface area contributed by atoms with Crippen molar-refractivity contribution in [3.8, 4) is 5.88 Å². The number of ether oxygens (including phenoxy) is 1. The molecule has 10 nitrogen and oxygen atoms in total. The zero-order chi connectivity index (χ0) is 23.3. The van der Waals surface area contributed by atoms with E-state index in [4.69, 9.17) is 4.74 Å². The van der Waals surface area contributed by atoms with E-state index in [0.717, 1.165) is 30.2 Å². The molecule has 2 saturated carbocycles. The standard InChI is InChI=1S/C23H29N5O5/c1-14-12-33-10-9-26(14)17(29)6-3-15-11-24-28-20(15)27(13-23(2)7-8-23)21(31)18(22(28)32)19(30)25-16-4-5-16/h3,6,11,14,16,31H,4-5,7-10,12-13H2,1-2H3,(H,25,30)/b6-3+/t14-/m1/s1. The number of morpholine rings is 1. The first kappa shape index (κ1) is 21.7. The lowest BCUT2D eigenvalue weighted by atomic mass is 10.1. The second-order valence-electron chi connectivity index (χ2n) is 9.77. The van der Waals surface area contributed by atoms with Gasteiger partial charge < -0.3 is 20.1 Å². The van der Waals surface area contributed by atoms with E-state index >= 15 is 0 Å². The molecule has 10 heteroatoms. The fourth-order valence-electron chi connectivity index (χ4n) is 4.23. The molecule has 0 aromatic carbocycles. The predicted octanol–water partition coefficient (Wildman–Crippen LogP) is 1.15. The van der Waals surface area contributed by atoms with Gasteiger partial charge in [-0.2, -0.15) is 9.61 Å². The van der Waals surface area contributed by atoms with Gasteiger partial charge >= 0.3 is 0 Å². The van der Waals surface area contributed by atoms with Crippen molar-refractivity contribution in [3.63, 3.8) is 0 Å². The van der Waals surface area contributed by atoms with Gasteiger partial charge in [0.05, 0.1) is 25.5 Å². The summed E-state index contributed by atoms with van der Waals surface area (Å²) in [5.41, 5.74) is -0.106. The molecule has 2 aromatic heterocycles. The first-order chi connectivity index (χ1) is 15.8. The molecular formula is C23H29N5O5. The summed E-state index contributed by atoms with van der Waals surface area (Å²) in [4.78, 5) is 40.3. The molecule has 1 atom stereocenters. The number of hydrogen-bond donors (Lipinski definition) is 2. The van der Waals surface area contributed by atoms with Gasteiger partial charge in [-0.15, -0.1) is 0 Å². The molecule has 2 aliphatic carbocycles. The van der Waals surface area contributed by atoms with Crippen LogP contribution >= 0.6 is 0 Å². The summed E-state index contributed by atoms with van der Waals surface area (Å²) in [6.45, 7) is 5.97. The Hall–Kier alpha value is -3.14. The maximum atomic E-state index is 13.1. The molecule has 3 aliphatic rings. The van der Waals surface area contributed by atoms with Crippen LogP contribution in [-0.2, 0) is 16.1 Å². The lowest BCUT2D eigenvalue weighted by molar-refractivity contribution is -0.133. The largest absolute Gasteiger partial charge is 0.494 e. The fourth-order valence-corrected chi connectivity index (χ4v) is 4.23. The Bertz CT molecular complexity index is 1200. The van der Waals surface area contributed by atoms with Gasteiger partial charge in [0.1, 0.15) is 5.65 Å². The van der Waals surface area contributed by atoms with Crippen LogP contribution in [0, 0.1) is 5.41 Å². The number of aromatic nitrogens is 3. The maximum Gasteiger partial charge on any atom is 0.291 e. The number of fused-ring (bicyclic) bond motifs is 1. The molecule has 0 unspecified atom stereocenters. The number of carbonyl (C=O) groups is 2. The van der Waals surface area contributed by atoms with Gasteiger partial charge in [0.2, 0.25) is 11.8 Å². The Morgan fingerprint density at radius 1 is 1.36 bits per heavy atom. The van der Waals surface area contributed by atoms with Gasteiger partial charge in [0, 0.05) is 30.8 Å². The lowest BCUT2D eigenvalue weighted by Gasteiger charge is -2.32. The zero-order valence-corrected chi connectivity index (χ0v) is 18.9. The van der Waals surface area contributed by atoms with Crippen molar-refractivity contribution in [1.29, 1.82) is 0 Å². The predicted molar refractivity (Wildman–Crippen MR) is 120 cm³/mol. The molecule has 33 heavy (non-hydrogen) atoms. The van der Waals surface area contributed by atoms with Crippen LogP contribution in [0.3, 0.4) is 0 Å². The molecule has 0 bridgehead atoms. The Morgan fingerprint density at radius 3 is 2.79 bits per heavy atom. The quantitative estimate of drug-likeness (QED) is 0.631. The molecular weight excluding hydrogens is 426 g/mol. The van der Waals surface area contributed by atoms with Crippen LogP contribution in [0.1, 0.15) is 55.5 Å². The first-order valence-electron chi connectivity index (χ1n) is 11.5. The average molecular weight is 456 g/mol. The average Bonchev–Trinajstić information content (AvgIpc) is 3.69. The highest BCUT2D eigenvalue weighted by atomic mass is 16.5. The minimum Gasteiger partial charge on any atom is -0.494 e. The number of carbonyl (C=O) groups excluding carboxylic acids is 2. The van der Waals surface area contributed by atoms with E-state index in [1.165, 1.54) is 12.3 Å². The highest BCUT2D eigenvalue weighted by Gasteiger charge is 2.39. The van der Waals surface area contributed by atoms with Crippen molar-refractivity contribution in [2.24, 2.45) is 5.41 Å². The van der Waals surface area contributed by atoms with Gasteiger partial charge in [-0.3, -0.25) is 19.0 Å². The Morgan fingerprint density at radius 2 is 2.12 bits per heavy atom. The smallest absolute Gasteiger partial charge is 0.291 e. The van der Waals surface area contributed by atoms with E-state index in [1.807, 2.05) is 6.92 Å². The SMILES string of the molecule is C[C@@H]1COCCN1C(=O)/C=C/c1cnn2c(=O)c(C(=O)NC3CC3)c(O)n(CC3(C)CC3)c12. The molecule has 1 aliphatic heterocycles.